The van der Waals surface area contributed by atoms with Crippen molar-refractivity contribution in [1.29, 1.82) is 0 Å². The van der Waals surface area contributed by atoms with Gasteiger partial charge in [-0.3, -0.25) is 9.78 Å². The summed E-state index contributed by atoms with van der Waals surface area (Å²) in [5.41, 5.74) is 4.31. The van der Waals surface area contributed by atoms with Gasteiger partial charge in [0.25, 0.3) is 12.3 Å². The molecule has 1 amide bonds. The van der Waals surface area contributed by atoms with Crippen molar-refractivity contribution in [3.63, 3.8) is 0 Å². The Morgan fingerprint density at radius 2 is 2.20 bits per heavy atom. The third-order valence-electron chi connectivity index (χ3n) is 1.97. The van der Waals surface area contributed by atoms with Crippen molar-refractivity contribution in [1.82, 2.24) is 4.98 Å². The van der Waals surface area contributed by atoms with Gasteiger partial charge in [-0.25, -0.2) is 8.78 Å². The number of nitrogens with two attached hydrogens (primary N) is 1. The van der Waals surface area contributed by atoms with E-state index in [-0.39, 0.29) is 17.0 Å². The van der Waals surface area contributed by atoms with E-state index in [4.69, 9.17) is 10.5 Å². The first-order valence-electron chi connectivity index (χ1n) is 4.10. The lowest BCUT2D eigenvalue weighted by atomic mass is 10.1. The highest BCUT2D eigenvalue weighted by atomic mass is 19.3. The van der Waals surface area contributed by atoms with Crippen molar-refractivity contribution in [2.24, 2.45) is 5.73 Å². The van der Waals surface area contributed by atoms with Crippen molar-refractivity contribution >= 4 is 5.91 Å². The van der Waals surface area contributed by atoms with Crippen LogP contribution in [0.1, 0.15) is 28.0 Å². The van der Waals surface area contributed by atoms with E-state index in [1.807, 2.05) is 0 Å². The number of nitrogens with zero attached hydrogens (tertiary/aromatic N) is 1. The number of alkyl halides is 2. The second kappa shape index (κ2) is 4.20. The molecule has 0 aliphatic heterocycles. The lowest BCUT2D eigenvalue weighted by Crippen LogP contribution is -2.17. The molecule has 0 aromatic carbocycles. The van der Waals surface area contributed by atoms with E-state index in [1.54, 1.807) is 0 Å². The number of hydrogen-bond acceptors (Lipinski definition) is 3. The molecule has 0 unspecified atom stereocenters. The molecule has 15 heavy (non-hydrogen) atoms. The fourth-order valence-corrected chi connectivity index (χ4v) is 1.28. The van der Waals surface area contributed by atoms with Crippen LogP contribution in [0, 0.1) is 6.92 Å². The largest absolute Gasteiger partial charge is 0.494 e. The van der Waals surface area contributed by atoms with Gasteiger partial charge in [-0.15, -0.1) is 0 Å². The monoisotopic (exact) mass is 216 g/mol. The molecular weight excluding hydrogens is 206 g/mol. The summed E-state index contributed by atoms with van der Waals surface area (Å²) >= 11 is 0. The van der Waals surface area contributed by atoms with Gasteiger partial charge in [0.1, 0.15) is 5.75 Å². The summed E-state index contributed by atoms with van der Waals surface area (Å²) in [7, 11) is 1.26. The molecule has 0 saturated heterocycles. The van der Waals surface area contributed by atoms with Crippen LogP contribution >= 0.6 is 0 Å². The van der Waals surface area contributed by atoms with Crippen LogP contribution in [-0.2, 0) is 0 Å². The van der Waals surface area contributed by atoms with Crippen molar-refractivity contribution < 1.29 is 18.3 Å². The third-order valence-corrected chi connectivity index (χ3v) is 1.97. The summed E-state index contributed by atoms with van der Waals surface area (Å²) in [4.78, 5) is 14.7. The van der Waals surface area contributed by atoms with E-state index in [2.05, 4.69) is 4.98 Å². The molecule has 0 bridgehead atoms. The quantitative estimate of drug-likeness (QED) is 0.831. The number of aromatic nitrogens is 1. The molecule has 6 heteroatoms. The zero-order chi connectivity index (χ0) is 11.6. The van der Waals surface area contributed by atoms with Gasteiger partial charge in [-0.1, -0.05) is 0 Å². The van der Waals surface area contributed by atoms with E-state index < -0.39 is 17.9 Å². The molecule has 1 aromatic rings. The van der Waals surface area contributed by atoms with Crippen LogP contribution in [-0.4, -0.2) is 18.0 Å². The Bertz CT molecular complexity index is 394. The Balaban J connectivity index is 3.51. The number of aryl methyl sites for hydroxylation is 1. The molecule has 0 atom stereocenters. The molecule has 2 N–H and O–H groups in total. The Labute approximate surface area is 85.1 Å². The number of methoxy groups -OCH3 is 1. The molecule has 0 saturated carbocycles. The summed E-state index contributed by atoms with van der Waals surface area (Å²) in [6.07, 6.45) is -1.61. The minimum Gasteiger partial charge on any atom is -0.494 e. The van der Waals surface area contributed by atoms with Crippen LogP contribution < -0.4 is 10.5 Å². The van der Waals surface area contributed by atoms with E-state index in [0.29, 0.717) is 0 Å². The fourth-order valence-electron chi connectivity index (χ4n) is 1.28. The number of pyridine rings is 1. The maximum absolute atomic E-state index is 12.7. The van der Waals surface area contributed by atoms with Crippen molar-refractivity contribution in [2.45, 2.75) is 13.3 Å². The SMILES string of the molecule is COc1cnc(C)c(C(F)F)c1C(N)=O. The smallest absolute Gasteiger partial charge is 0.266 e. The highest BCUT2D eigenvalue weighted by Gasteiger charge is 2.24. The molecule has 82 valence electrons. The Morgan fingerprint density at radius 3 is 2.60 bits per heavy atom. The van der Waals surface area contributed by atoms with E-state index in [9.17, 15) is 13.6 Å². The summed E-state index contributed by atoms with van der Waals surface area (Å²) in [6, 6.07) is 0. The molecular formula is C9H10F2N2O2. The number of halogens is 2. The van der Waals surface area contributed by atoms with Crippen LogP contribution in [0.5, 0.6) is 5.75 Å². The number of rotatable bonds is 3. The lowest BCUT2D eigenvalue weighted by molar-refractivity contribution is 0.0981. The second-order valence-corrected chi connectivity index (χ2v) is 2.87. The average Bonchev–Trinajstić information content (AvgIpc) is 2.16. The highest BCUT2D eigenvalue weighted by molar-refractivity contribution is 5.97. The van der Waals surface area contributed by atoms with E-state index in [0.717, 1.165) is 0 Å². The first-order chi connectivity index (χ1) is 6.99. The number of primary amides is 1. The third kappa shape index (κ3) is 2.03. The number of carbonyl (C=O) groups excluding carboxylic acids is 1. The first-order valence-corrected chi connectivity index (χ1v) is 4.10. The van der Waals surface area contributed by atoms with Gasteiger partial charge in [0, 0.05) is 5.69 Å². The molecule has 0 fully saturated rings. The van der Waals surface area contributed by atoms with Crippen molar-refractivity contribution in [3.8, 4) is 5.75 Å². The van der Waals surface area contributed by atoms with Crippen LogP contribution in [0.4, 0.5) is 8.78 Å². The summed E-state index contributed by atoms with van der Waals surface area (Å²) < 4.78 is 30.1. The minimum atomic E-state index is -2.81. The molecule has 1 aromatic heterocycles. The average molecular weight is 216 g/mol. The van der Waals surface area contributed by atoms with Gasteiger partial charge in [0.15, 0.2) is 0 Å². The summed E-state index contributed by atoms with van der Waals surface area (Å²) in [6.45, 7) is 1.38. The normalized spacial score (nSPS) is 10.5. The van der Waals surface area contributed by atoms with Crippen molar-refractivity contribution in [2.75, 3.05) is 7.11 Å². The molecule has 4 nitrogen and oxygen atoms in total. The van der Waals surface area contributed by atoms with Gasteiger partial charge in [0.2, 0.25) is 0 Å². The van der Waals surface area contributed by atoms with E-state index >= 15 is 0 Å². The van der Waals surface area contributed by atoms with Gasteiger partial charge >= 0.3 is 0 Å². The second-order valence-electron chi connectivity index (χ2n) is 2.87. The lowest BCUT2D eigenvalue weighted by Gasteiger charge is -2.12. The number of carbonyl (C=O) groups is 1. The Morgan fingerprint density at radius 1 is 1.60 bits per heavy atom. The molecule has 0 spiro atoms. The number of amides is 1. The fraction of sp³-hybridized carbons (Fsp3) is 0.333. The molecule has 0 aliphatic carbocycles. The Kier molecular flexibility index (Phi) is 3.18. The minimum absolute atomic E-state index is 0.0385. The predicted octanol–water partition coefficient (Wildman–Crippen LogP) is 1.44. The topological polar surface area (TPSA) is 65.2 Å². The van der Waals surface area contributed by atoms with Crippen LogP contribution in [0.15, 0.2) is 6.20 Å². The predicted molar refractivity (Wildman–Crippen MR) is 49.0 cm³/mol. The number of ether oxygens (including phenoxy) is 1. The summed E-state index contributed by atoms with van der Waals surface area (Å²) in [5, 5.41) is 0. The zero-order valence-electron chi connectivity index (χ0n) is 8.25. The standard InChI is InChI=1S/C9H10F2N2O2/c1-4-6(8(10)11)7(9(12)14)5(15-2)3-13-4/h3,8H,1-2H3,(H2,12,14). The van der Waals surface area contributed by atoms with Crippen LogP contribution in [0.2, 0.25) is 0 Å². The highest BCUT2D eigenvalue weighted by Crippen LogP contribution is 2.30. The maximum atomic E-state index is 12.7. The number of hydrogen-bond donors (Lipinski definition) is 1. The molecule has 0 radical (unpaired) electrons. The first kappa shape index (κ1) is 11.4. The van der Waals surface area contributed by atoms with E-state index in [1.165, 1.54) is 20.2 Å². The van der Waals surface area contributed by atoms with Crippen LogP contribution in [0.3, 0.4) is 0 Å². The van der Waals surface area contributed by atoms with Gasteiger partial charge in [-0.05, 0) is 6.92 Å². The molecule has 1 heterocycles. The Hall–Kier alpha value is -1.72. The van der Waals surface area contributed by atoms with Crippen LogP contribution in [0.25, 0.3) is 0 Å². The van der Waals surface area contributed by atoms with Gasteiger partial charge < -0.3 is 10.5 Å². The summed E-state index contributed by atoms with van der Waals surface area (Å²) in [5.74, 6) is -0.990. The molecule has 0 aliphatic rings. The maximum Gasteiger partial charge on any atom is 0.266 e. The molecule has 1 rings (SSSR count). The van der Waals surface area contributed by atoms with Gasteiger partial charge in [-0.2, -0.15) is 0 Å². The van der Waals surface area contributed by atoms with Gasteiger partial charge in [0.05, 0.1) is 24.4 Å². The zero-order valence-corrected chi connectivity index (χ0v) is 8.25. The van der Waals surface area contributed by atoms with Crippen molar-refractivity contribution in [3.05, 3.63) is 23.0 Å².